The molecule has 0 bridgehead atoms. The standard InChI is InChI=1S/C19H16FNO2/c1-2-3-13-10-17(12-4-7-15(20)8-5-12)21-18-11-14(19(22)23)6-9-16(13)18/h4-11H,2-3H2,1H3,(H,22,23). The Labute approximate surface area is 133 Å². The number of aromatic nitrogens is 1. The third kappa shape index (κ3) is 3.06. The van der Waals surface area contributed by atoms with Crippen molar-refractivity contribution in [3.63, 3.8) is 0 Å². The molecule has 116 valence electrons. The Morgan fingerprint density at radius 2 is 1.87 bits per heavy atom. The fourth-order valence-electron chi connectivity index (χ4n) is 2.68. The molecule has 0 saturated heterocycles. The normalized spacial score (nSPS) is 10.9. The van der Waals surface area contributed by atoms with Crippen molar-refractivity contribution in [3.05, 3.63) is 65.5 Å². The van der Waals surface area contributed by atoms with Crippen molar-refractivity contribution in [1.82, 2.24) is 4.98 Å². The average molecular weight is 309 g/mol. The van der Waals surface area contributed by atoms with Gasteiger partial charge in [0.1, 0.15) is 5.82 Å². The van der Waals surface area contributed by atoms with E-state index in [0.717, 1.165) is 35.0 Å². The van der Waals surface area contributed by atoms with E-state index in [1.54, 1.807) is 24.3 Å². The van der Waals surface area contributed by atoms with Crippen molar-refractivity contribution >= 4 is 16.9 Å². The first-order chi connectivity index (χ1) is 11.1. The number of fused-ring (bicyclic) bond motifs is 1. The molecular formula is C19H16FNO2. The Kier molecular flexibility index (Phi) is 4.06. The molecule has 23 heavy (non-hydrogen) atoms. The van der Waals surface area contributed by atoms with Crippen LogP contribution >= 0.6 is 0 Å². The van der Waals surface area contributed by atoms with Gasteiger partial charge in [-0.3, -0.25) is 0 Å². The van der Waals surface area contributed by atoms with E-state index in [-0.39, 0.29) is 11.4 Å². The fraction of sp³-hybridized carbons (Fsp3) is 0.158. The summed E-state index contributed by atoms with van der Waals surface area (Å²) < 4.78 is 13.1. The smallest absolute Gasteiger partial charge is 0.335 e. The minimum atomic E-state index is -0.974. The zero-order valence-corrected chi connectivity index (χ0v) is 12.7. The summed E-state index contributed by atoms with van der Waals surface area (Å²) in [7, 11) is 0. The highest BCUT2D eigenvalue weighted by molar-refractivity contribution is 5.94. The van der Waals surface area contributed by atoms with Gasteiger partial charge in [0.05, 0.1) is 16.8 Å². The monoisotopic (exact) mass is 309 g/mol. The second-order valence-electron chi connectivity index (χ2n) is 5.46. The van der Waals surface area contributed by atoms with Crippen LogP contribution in [0.15, 0.2) is 48.5 Å². The molecule has 0 radical (unpaired) electrons. The van der Waals surface area contributed by atoms with E-state index < -0.39 is 5.97 Å². The molecule has 0 aliphatic heterocycles. The number of carbonyl (C=O) groups is 1. The van der Waals surface area contributed by atoms with E-state index in [4.69, 9.17) is 5.11 Å². The van der Waals surface area contributed by atoms with Gasteiger partial charge in [-0.2, -0.15) is 0 Å². The van der Waals surface area contributed by atoms with Crippen LogP contribution in [-0.4, -0.2) is 16.1 Å². The van der Waals surface area contributed by atoms with E-state index in [1.807, 2.05) is 12.1 Å². The van der Waals surface area contributed by atoms with Gasteiger partial charge in [0, 0.05) is 10.9 Å². The van der Waals surface area contributed by atoms with Crippen molar-refractivity contribution in [2.45, 2.75) is 19.8 Å². The van der Waals surface area contributed by atoms with E-state index >= 15 is 0 Å². The maximum atomic E-state index is 13.1. The number of carboxylic acid groups (broad SMARTS) is 1. The van der Waals surface area contributed by atoms with E-state index in [2.05, 4.69) is 11.9 Å². The van der Waals surface area contributed by atoms with Crippen LogP contribution in [0.1, 0.15) is 29.3 Å². The van der Waals surface area contributed by atoms with Crippen LogP contribution < -0.4 is 0 Å². The Morgan fingerprint density at radius 3 is 2.52 bits per heavy atom. The number of aryl methyl sites for hydroxylation is 1. The molecule has 1 heterocycles. The SMILES string of the molecule is CCCc1cc(-c2ccc(F)cc2)nc2cc(C(=O)O)ccc12. The molecule has 1 aromatic heterocycles. The summed E-state index contributed by atoms with van der Waals surface area (Å²) >= 11 is 0. The molecule has 0 spiro atoms. The first-order valence-electron chi connectivity index (χ1n) is 7.51. The Morgan fingerprint density at radius 1 is 1.13 bits per heavy atom. The predicted octanol–water partition coefficient (Wildman–Crippen LogP) is 4.69. The van der Waals surface area contributed by atoms with Crippen LogP contribution in [0.5, 0.6) is 0 Å². The fourth-order valence-corrected chi connectivity index (χ4v) is 2.68. The first-order valence-corrected chi connectivity index (χ1v) is 7.51. The van der Waals surface area contributed by atoms with Crippen molar-refractivity contribution in [2.24, 2.45) is 0 Å². The van der Waals surface area contributed by atoms with Crippen LogP contribution in [0.3, 0.4) is 0 Å². The number of rotatable bonds is 4. The van der Waals surface area contributed by atoms with Crippen molar-refractivity contribution in [2.75, 3.05) is 0 Å². The Hall–Kier alpha value is -2.75. The highest BCUT2D eigenvalue weighted by Crippen LogP contribution is 2.26. The van der Waals surface area contributed by atoms with Crippen LogP contribution in [0.2, 0.25) is 0 Å². The lowest BCUT2D eigenvalue weighted by Gasteiger charge is -2.10. The van der Waals surface area contributed by atoms with Gasteiger partial charge >= 0.3 is 5.97 Å². The minimum absolute atomic E-state index is 0.212. The van der Waals surface area contributed by atoms with Crippen LogP contribution in [-0.2, 0) is 6.42 Å². The summed E-state index contributed by atoms with van der Waals surface area (Å²) in [6, 6.07) is 13.2. The number of hydrogen-bond acceptors (Lipinski definition) is 2. The molecule has 2 aromatic carbocycles. The summed E-state index contributed by atoms with van der Waals surface area (Å²) in [4.78, 5) is 15.8. The Bertz CT molecular complexity index is 872. The van der Waals surface area contributed by atoms with E-state index in [0.29, 0.717) is 5.52 Å². The van der Waals surface area contributed by atoms with Crippen LogP contribution in [0.4, 0.5) is 4.39 Å². The lowest BCUT2D eigenvalue weighted by atomic mass is 10.00. The maximum absolute atomic E-state index is 13.1. The summed E-state index contributed by atoms with van der Waals surface area (Å²) in [5.74, 6) is -1.27. The molecule has 3 aromatic rings. The van der Waals surface area contributed by atoms with Gasteiger partial charge in [0.15, 0.2) is 0 Å². The lowest BCUT2D eigenvalue weighted by molar-refractivity contribution is 0.0697. The summed E-state index contributed by atoms with van der Waals surface area (Å²) in [6.45, 7) is 2.09. The Balaban J connectivity index is 2.21. The van der Waals surface area contributed by atoms with E-state index in [1.165, 1.54) is 12.1 Å². The molecule has 0 aliphatic rings. The number of nitrogens with zero attached hydrogens (tertiary/aromatic N) is 1. The van der Waals surface area contributed by atoms with Gasteiger partial charge in [-0.05, 0) is 54.4 Å². The number of pyridine rings is 1. The number of halogens is 1. The molecular weight excluding hydrogens is 293 g/mol. The molecule has 0 saturated carbocycles. The minimum Gasteiger partial charge on any atom is -0.478 e. The third-order valence-corrected chi connectivity index (χ3v) is 3.80. The molecule has 3 nitrogen and oxygen atoms in total. The van der Waals surface area contributed by atoms with Crippen molar-refractivity contribution in [3.8, 4) is 11.3 Å². The lowest BCUT2D eigenvalue weighted by Crippen LogP contribution is -1.98. The summed E-state index contributed by atoms with van der Waals surface area (Å²) in [5.41, 5.74) is 3.52. The third-order valence-electron chi connectivity index (χ3n) is 3.80. The number of aromatic carboxylic acids is 1. The maximum Gasteiger partial charge on any atom is 0.335 e. The number of benzene rings is 2. The highest BCUT2D eigenvalue weighted by Gasteiger charge is 2.10. The second kappa shape index (κ2) is 6.16. The van der Waals surface area contributed by atoms with E-state index in [9.17, 15) is 9.18 Å². The summed E-state index contributed by atoms with van der Waals surface area (Å²) in [6.07, 6.45) is 1.85. The molecule has 0 aliphatic carbocycles. The molecule has 3 rings (SSSR count). The molecule has 0 fully saturated rings. The predicted molar refractivity (Wildman–Crippen MR) is 88.1 cm³/mol. The van der Waals surface area contributed by atoms with Gasteiger partial charge in [-0.25, -0.2) is 14.2 Å². The molecule has 0 atom stereocenters. The quantitative estimate of drug-likeness (QED) is 0.760. The molecule has 0 amide bonds. The topological polar surface area (TPSA) is 50.2 Å². The number of carboxylic acids is 1. The number of hydrogen-bond donors (Lipinski definition) is 1. The molecule has 4 heteroatoms. The second-order valence-corrected chi connectivity index (χ2v) is 5.46. The van der Waals surface area contributed by atoms with Gasteiger partial charge in [0.2, 0.25) is 0 Å². The van der Waals surface area contributed by atoms with Crippen molar-refractivity contribution < 1.29 is 14.3 Å². The first kappa shape index (κ1) is 15.2. The van der Waals surface area contributed by atoms with Gasteiger partial charge in [0.25, 0.3) is 0 Å². The van der Waals surface area contributed by atoms with Gasteiger partial charge in [-0.15, -0.1) is 0 Å². The highest BCUT2D eigenvalue weighted by atomic mass is 19.1. The molecule has 0 unspecified atom stereocenters. The van der Waals surface area contributed by atoms with Crippen LogP contribution in [0.25, 0.3) is 22.2 Å². The van der Waals surface area contributed by atoms with Crippen molar-refractivity contribution in [1.29, 1.82) is 0 Å². The van der Waals surface area contributed by atoms with Gasteiger partial charge < -0.3 is 5.11 Å². The average Bonchev–Trinajstić information content (AvgIpc) is 2.55. The largest absolute Gasteiger partial charge is 0.478 e. The van der Waals surface area contributed by atoms with Crippen LogP contribution in [0, 0.1) is 5.82 Å². The van der Waals surface area contributed by atoms with Gasteiger partial charge in [-0.1, -0.05) is 19.4 Å². The molecule has 1 N–H and O–H groups in total. The zero-order valence-electron chi connectivity index (χ0n) is 12.7. The zero-order chi connectivity index (χ0) is 16.4. The summed E-state index contributed by atoms with van der Waals surface area (Å²) in [5, 5.41) is 10.1.